The second-order valence-corrected chi connectivity index (χ2v) is 9.73. The fourth-order valence-corrected chi connectivity index (χ4v) is 3.20. The molecule has 2 heteroatoms. The molecule has 0 radical (unpaired) electrons. The standard InChI is InChI=1S/C10H23NSi/c1-6-7-9-12(4,5)10-8-11(2)3/h6-7H,8-10H2,1-5H3/b7-6+. The van der Waals surface area contributed by atoms with Crippen LogP contribution >= 0.6 is 0 Å². The summed E-state index contributed by atoms with van der Waals surface area (Å²) in [5.74, 6) is 0. The third-order valence-corrected chi connectivity index (χ3v) is 5.06. The highest BCUT2D eigenvalue weighted by Gasteiger charge is 2.18. The molecule has 0 aromatic rings. The molecule has 0 bridgehead atoms. The molecule has 0 aliphatic rings. The summed E-state index contributed by atoms with van der Waals surface area (Å²) in [6.07, 6.45) is 4.49. The van der Waals surface area contributed by atoms with E-state index < -0.39 is 8.07 Å². The summed E-state index contributed by atoms with van der Waals surface area (Å²) in [6.45, 7) is 8.29. The monoisotopic (exact) mass is 185 g/mol. The van der Waals surface area contributed by atoms with E-state index in [-0.39, 0.29) is 0 Å². The van der Waals surface area contributed by atoms with Gasteiger partial charge in [0.2, 0.25) is 0 Å². The molecule has 0 N–H and O–H groups in total. The van der Waals surface area contributed by atoms with Gasteiger partial charge in [0.25, 0.3) is 0 Å². The van der Waals surface area contributed by atoms with Crippen molar-refractivity contribution in [1.82, 2.24) is 4.90 Å². The van der Waals surface area contributed by atoms with Crippen LogP contribution in [-0.2, 0) is 0 Å². The van der Waals surface area contributed by atoms with Gasteiger partial charge in [-0.15, -0.1) is 0 Å². The molecular weight excluding hydrogens is 162 g/mol. The van der Waals surface area contributed by atoms with Crippen LogP contribution in [0.1, 0.15) is 6.92 Å². The van der Waals surface area contributed by atoms with Gasteiger partial charge in [0.15, 0.2) is 0 Å². The predicted molar refractivity (Wildman–Crippen MR) is 60.5 cm³/mol. The maximum atomic E-state index is 2.47. The van der Waals surface area contributed by atoms with Gasteiger partial charge in [-0.1, -0.05) is 25.2 Å². The zero-order valence-electron chi connectivity index (χ0n) is 9.22. The van der Waals surface area contributed by atoms with Gasteiger partial charge in [0.1, 0.15) is 0 Å². The van der Waals surface area contributed by atoms with Crippen molar-refractivity contribution >= 4 is 8.07 Å². The number of hydrogen-bond acceptors (Lipinski definition) is 1. The van der Waals surface area contributed by atoms with Gasteiger partial charge < -0.3 is 4.90 Å². The molecule has 0 rings (SSSR count). The van der Waals surface area contributed by atoms with Crippen molar-refractivity contribution in [3.05, 3.63) is 12.2 Å². The summed E-state index contributed by atoms with van der Waals surface area (Å²) in [6, 6.07) is 2.74. The van der Waals surface area contributed by atoms with Gasteiger partial charge in [-0.2, -0.15) is 0 Å². The summed E-state index contributed by atoms with van der Waals surface area (Å²) >= 11 is 0. The van der Waals surface area contributed by atoms with Gasteiger partial charge in [0, 0.05) is 0 Å². The van der Waals surface area contributed by atoms with Crippen LogP contribution in [0, 0.1) is 0 Å². The Labute approximate surface area is 78.5 Å². The van der Waals surface area contributed by atoms with Crippen LogP contribution in [0.25, 0.3) is 0 Å². The van der Waals surface area contributed by atoms with Crippen LogP contribution in [0.3, 0.4) is 0 Å². The average Bonchev–Trinajstić information content (AvgIpc) is 1.98. The second kappa shape index (κ2) is 5.54. The van der Waals surface area contributed by atoms with Crippen molar-refractivity contribution in [1.29, 1.82) is 0 Å². The number of rotatable bonds is 5. The highest BCUT2D eigenvalue weighted by Crippen LogP contribution is 2.15. The summed E-state index contributed by atoms with van der Waals surface area (Å²) in [5.41, 5.74) is 0. The molecule has 0 saturated carbocycles. The van der Waals surface area contributed by atoms with E-state index in [1.807, 2.05) is 0 Å². The van der Waals surface area contributed by atoms with E-state index in [2.05, 4.69) is 51.2 Å². The molecule has 0 aliphatic carbocycles. The number of hydrogen-bond donors (Lipinski definition) is 0. The maximum Gasteiger partial charge on any atom is 0.0523 e. The fraction of sp³-hybridized carbons (Fsp3) is 0.800. The number of nitrogens with zero attached hydrogens (tertiary/aromatic N) is 1. The van der Waals surface area contributed by atoms with Crippen LogP contribution in [0.5, 0.6) is 0 Å². The minimum atomic E-state index is -0.916. The molecule has 0 heterocycles. The molecule has 72 valence electrons. The Morgan fingerprint density at radius 2 is 1.83 bits per heavy atom. The Kier molecular flexibility index (Phi) is 5.50. The minimum absolute atomic E-state index is 0.916. The lowest BCUT2D eigenvalue weighted by Crippen LogP contribution is -2.29. The Morgan fingerprint density at radius 3 is 2.25 bits per heavy atom. The topological polar surface area (TPSA) is 3.24 Å². The summed E-state index contributed by atoms with van der Waals surface area (Å²) in [5, 5.41) is 0. The molecule has 12 heavy (non-hydrogen) atoms. The molecule has 0 unspecified atom stereocenters. The van der Waals surface area contributed by atoms with Crippen LogP contribution < -0.4 is 0 Å². The lowest BCUT2D eigenvalue weighted by atomic mass is 10.6. The van der Waals surface area contributed by atoms with E-state index in [9.17, 15) is 0 Å². The Balaban J connectivity index is 3.70. The SMILES string of the molecule is C/C=C/C[Si](C)(C)CCN(C)C. The zero-order chi connectivity index (χ0) is 9.61. The molecule has 0 aliphatic heterocycles. The smallest absolute Gasteiger partial charge is 0.0523 e. The van der Waals surface area contributed by atoms with E-state index >= 15 is 0 Å². The lowest BCUT2D eigenvalue weighted by molar-refractivity contribution is 0.431. The van der Waals surface area contributed by atoms with Crippen LogP contribution in [0.2, 0.25) is 25.2 Å². The third-order valence-electron chi connectivity index (χ3n) is 2.14. The Morgan fingerprint density at radius 1 is 1.25 bits per heavy atom. The molecule has 0 spiro atoms. The van der Waals surface area contributed by atoms with E-state index in [4.69, 9.17) is 0 Å². The van der Waals surface area contributed by atoms with E-state index in [1.54, 1.807) is 0 Å². The van der Waals surface area contributed by atoms with Crippen molar-refractivity contribution in [2.45, 2.75) is 32.1 Å². The van der Waals surface area contributed by atoms with Gasteiger partial charge in [0.05, 0.1) is 8.07 Å². The Hall–Kier alpha value is -0.0831. The summed E-state index contributed by atoms with van der Waals surface area (Å²) < 4.78 is 0. The van der Waals surface area contributed by atoms with Crippen molar-refractivity contribution in [2.24, 2.45) is 0 Å². The molecule has 0 amide bonds. The first-order chi connectivity index (χ1) is 5.48. The minimum Gasteiger partial charge on any atom is -0.310 e. The molecule has 0 saturated heterocycles. The van der Waals surface area contributed by atoms with Crippen LogP contribution in [-0.4, -0.2) is 33.6 Å². The lowest BCUT2D eigenvalue weighted by Gasteiger charge is -2.22. The normalized spacial score (nSPS) is 13.2. The van der Waals surface area contributed by atoms with Crippen molar-refractivity contribution in [2.75, 3.05) is 20.6 Å². The van der Waals surface area contributed by atoms with E-state index in [1.165, 1.54) is 18.6 Å². The van der Waals surface area contributed by atoms with Crippen molar-refractivity contribution in [3.8, 4) is 0 Å². The van der Waals surface area contributed by atoms with Crippen LogP contribution in [0.15, 0.2) is 12.2 Å². The third kappa shape index (κ3) is 6.62. The molecular formula is C10H23NSi. The van der Waals surface area contributed by atoms with E-state index in [0.717, 1.165) is 0 Å². The molecule has 0 aromatic heterocycles. The molecule has 0 fully saturated rings. The molecule has 1 nitrogen and oxygen atoms in total. The number of allylic oxidation sites excluding steroid dienone is 2. The second-order valence-electron chi connectivity index (χ2n) is 4.49. The first-order valence-corrected chi connectivity index (χ1v) is 8.15. The zero-order valence-corrected chi connectivity index (χ0v) is 10.2. The molecule has 0 aromatic carbocycles. The van der Waals surface area contributed by atoms with Gasteiger partial charge >= 0.3 is 0 Å². The largest absolute Gasteiger partial charge is 0.310 e. The van der Waals surface area contributed by atoms with Crippen molar-refractivity contribution in [3.63, 3.8) is 0 Å². The van der Waals surface area contributed by atoms with E-state index in [0.29, 0.717) is 0 Å². The highest BCUT2D eigenvalue weighted by molar-refractivity contribution is 6.77. The summed E-state index contributed by atoms with van der Waals surface area (Å²) in [7, 11) is 3.39. The molecule has 0 atom stereocenters. The highest BCUT2D eigenvalue weighted by atomic mass is 28.3. The van der Waals surface area contributed by atoms with Gasteiger partial charge in [-0.25, -0.2) is 0 Å². The first kappa shape index (κ1) is 11.9. The summed E-state index contributed by atoms with van der Waals surface area (Å²) in [4.78, 5) is 2.28. The Bertz CT molecular complexity index is 139. The van der Waals surface area contributed by atoms with Crippen molar-refractivity contribution < 1.29 is 0 Å². The van der Waals surface area contributed by atoms with Gasteiger partial charge in [-0.05, 0) is 39.7 Å². The quantitative estimate of drug-likeness (QED) is 0.470. The van der Waals surface area contributed by atoms with Gasteiger partial charge in [-0.3, -0.25) is 0 Å². The maximum absolute atomic E-state index is 2.47. The predicted octanol–water partition coefficient (Wildman–Crippen LogP) is 2.83. The first-order valence-electron chi connectivity index (χ1n) is 4.74. The average molecular weight is 185 g/mol. The fourth-order valence-electron chi connectivity index (χ4n) is 1.07. The van der Waals surface area contributed by atoms with Crippen LogP contribution in [0.4, 0.5) is 0 Å².